The van der Waals surface area contributed by atoms with E-state index in [-0.39, 0.29) is 5.91 Å². The van der Waals surface area contributed by atoms with E-state index in [0.29, 0.717) is 36.0 Å². The first-order chi connectivity index (χ1) is 17.4. The molecule has 3 N–H and O–H groups in total. The summed E-state index contributed by atoms with van der Waals surface area (Å²) < 4.78 is 1.97. The number of aromatic amines is 1. The number of aromatic nitrogens is 4. The van der Waals surface area contributed by atoms with Gasteiger partial charge in [-0.1, -0.05) is 13.8 Å². The van der Waals surface area contributed by atoms with E-state index in [4.69, 9.17) is 5.73 Å². The number of thiophene rings is 1. The molecule has 188 valence electrons. The Balaban J connectivity index is 1.32. The third-order valence-electron chi connectivity index (χ3n) is 9.55. The van der Waals surface area contributed by atoms with E-state index in [1.165, 1.54) is 75.8 Å². The Hall–Kier alpha value is -2.67. The maximum absolute atomic E-state index is 11.7. The summed E-state index contributed by atoms with van der Waals surface area (Å²) in [6.45, 7) is 7.00. The van der Waals surface area contributed by atoms with Gasteiger partial charge in [0.2, 0.25) is 5.91 Å². The van der Waals surface area contributed by atoms with E-state index in [1.807, 2.05) is 15.9 Å². The number of pyridine rings is 1. The van der Waals surface area contributed by atoms with Gasteiger partial charge in [-0.2, -0.15) is 5.10 Å². The highest BCUT2D eigenvalue weighted by Crippen LogP contribution is 2.56. The number of aryl methyl sites for hydroxylation is 2. The molecule has 2 saturated carbocycles. The molecule has 7 rings (SSSR count). The number of carbonyl (C=O) groups is 1. The van der Waals surface area contributed by atoms with Crippen LogP contribution in [0.3, 0.4) is 0 Å². The number of primary amides is 1. The number of rotatable bonds is 5. The molecule has 4 aromatic rings. The third-order valence-corrected chi connectivity index (χ3v) is 10.9. The number of hydrogen-bond donors (Lipinski definition) is 2. The zero-order valence-electron chi connectivity index (χ0n) is 21.4. The molecule has 2 bridgehead atoms. The number of nitrogens with one attached hydrogen (secondary N) is 1. The van der Waals surface area contributed by atoms with Crippen molar-refractivity contribution < 1.29 is 4.79 Å². The summed E-state index contributed by atoms with van der Waals surface area (Å²) in [6, 6.07) is 0. The first kappa shape index (κ1) is 22.5. The minimum Gasteiger partial charge on any atom is -0.370 e. The molecule has 2 unspecified atom stereocenters. The maximum Gasteiger partial charge on any atom is 0.217 e. The first-order valence-electron chi connectivity index (χ1n) is 13.7. The summed E-state index contributed by atoms with van der Waals surface area (Å²) in [6.07, 6.45) is 12.8. The lowest BCUT2D eigenvalue weighted by Crippen LogP contribution is -2.29. The fourth-order valence-corrected chi connectivity index (χ4v) is 9.48. The Morgan fingerprint density at radius 2 is 1.97 bits per heavy atom. The molecule has 36 heavy (non-hydrogen) atoms. The largest absolute Gasteiger partial charge is 0.370 e. The molecule has 4 aromatic heterocycles. The predicted molar refractivity (Wildman–Crippen MR) is 144 cm³/mol. The normalized spacial score (nSPS) is 25.4. The maximum atomic E-state index is 11.7. The predicted octanol–water partition coefficient (Wildman–Crippen LogP) is 6.25. The smallest absolute Gasteiger partial charge is 0.217 e. The van der Waals surface area contributed by atoms with Crippen molar-refractivity contribution in [3.05, 3.63) is 39.7 Å². The van der Waals surface area contributed by atoms with Crippen LogP contribution in [0.2, 0.25) is 0 Å². The van der Waals surface area contributed by atoms with Gasteiger partial charge in [0.15, 0.2) is 5.65 Å². The molecule has 7 heteroatoms. The average Bonchev–Trinajstić information content (AvgIpc) is 3.62. The molecule has 2 atom stereocenters. The Bertz CT molecular complexity index is 1490. The van der Waals surface area contributed by atoms with Crippen LogP contribution in [0.5, 0.6) is 0 Å². The molecule has 0 aliphatic heterocycles. The second-order valence-electron chi connectivity index (χ2n) is 11.8. The molecule has 3 aliphatic rings. The van der Waals surface area contributed by atoms with Crippen LogP contribution in [0.4, 0.5) is 0 Å². The fourth-order valence-electron chi connectivity index (χ4n) is 8.13. The monoisotopic (exact) mass is 501 g/mol. The van der Waals surface area contributed by atoms with Gasteiger partial charge in [0, 0.05) is 34.0 Å². The van der Waals surface area contributed by atoms with Crippen LogP contribution in [0.1, 0.15) is 91.3 Å². The van der Waals surface area contributed by atoms with Gasteiger partial charge in [-0.15, -0.1) is 11.3 Å². The van der Waals surface area contributed by atoms with E-state index < -0.39 is 0 Å². The second kappa shape index (κ2) is 8.17. The number of fused-ring (bicyclic) bond motifs is 6. The van der Waals surface area contributed by atoms with Crippen LogP contribution in [-0.4, -0.2) is 25.5 Å². The number of amides is 1. The van der Waals surface area contributed by atoms with E-state index in [0.717, 1.165) is 18.5 Å². The van der Waals surface area contributed by atoms with Crippen molar-refractivity contribution in [2.75, 3.05) is 0 Å². The van der Waals surface area contributed by atoms with Gasteiger partial charge >= 0.3 is 0 Å². The molecule has 4 heterocycles. The van der Waals surface area contributed by atoms with Crippen molar-refractivity contribution in [2.45, 2.75) is 84.0 Å². The second-order valence-corrected chi connectivity index (χ2v) is 12.9. The Morgan fingerprint density at radius 3 is 2.69 bits per heavy atom. The van der Waals surface area contributed by atoms with Crippen LogP contribution in [0.25, 0.3) is 27.1 Å². The van der Waals surface area contributed by atoms with Gasteiger partial charge in [0.25, 0.3) is 0 Å². The van der Waals surface area contributed by atoms with Crippen molar-refractivity contribution in [2.24, 2.45) is 23.5 Å². The fraction of sp³-hybridized carbons (Fsp3) is 0.552. The van der Waals surface area contributed by atoms with Crippen molar-refractivity contribution in [1.82, 2.24) is 19.6 Å². The number of nitrogens with zero attached hydrogens (tertiary/aromatic N) is 3. The summed E-state index contributed by atoms with van der Waals surface area (Å²) in [5, 5.41) is 5.94. The minimum atomic E-state index is -0.124. The Kier molecular flexibility index (Phi) is 5.11. The molecule has 0 saturated heterocycles. The van der Waals surface area contributed by atoms with Gasteiger partial charge in [-0.3, -0.25) is 4.79 Å². The highest BCUT2D eigenvalue weighted by molar-refractivity contribution is 7.19. The van der Waals surface area contributed by atoms with Crippen LogP contribution in [0, 0.1) is 24.7 Å². The van der Waals surface area contributed by atoms with Gasteiger partial charge < -0.3 is 10.7 Å². The molecule has 1 amide bonds. The van der Waals surface area contributed by atoms with Crippen LogP contribution in [-0.2, 0) is 17.6 Å². The standard InChI is InChI=1S/C29H35N5OS/c1-14(2)24-25-15(3)27(18-9-16-7-8-17(10-18)21(16)11-23(30)35)36-29(25)33-26(24)22-12-34-28(31-13-32-34)20-6-4-5-19(20)22/h12-14,16-18,21,33H,4-11H2,1-3H3,(H2,30,35). The number of carbonyl (C=O) groups excluding carboxylic acids is 1. The van der Waals surface area contributed by atoms with Crippen LogP contribution < -0.4 is 5.73 Å². The number of nitrogens with two attached hydrogens (primary N) is 1. The lowest BCUT2D eigenvalue weighted by atomic mass is 9.71. The highest BCUT2D eigenvalue weighted by Gasteiger charge is 2.44. The summed E-state index contributed by atoms with van der Waals surface area (Å²) >= 11 is 1.98. The van der Waals surface area contributed by atoms with Crippen LogP contribution in [0.15, 0.2) is 12.5 Å². The lowest BCUT2D eigenvalue weighted by Gasteiger charge is -2.35. The van der Waals surface area contributed by atoms with Crippen LogP contribution >= 0.6 is 11.3 Å². The quantitative estimate of drug-likeness (QED) is 0.338. The van der Waals surface area contributed by atoms with E-state index in [2.05, 4.69) is 42.0 Å². The van der Waals surface area contributed by atoms with Crippen molar-refractivity contribution >= 4 is 33.1 Å². The van der Waals surface area contributed by atoms with Crippen molar-refractivity contribution in [1.29, 1.82) is 0 Å². The molecule has 3 aliphatic carbocycles. The first-order valence-corrected chi connectivity index (χ1v) is 14.5. The summed E-state index contributed by atoms with van der Waals surface area (Å²) in [5.74, 6) is 2.71. The SMILES string of the molecule is Cc1c(C2CC3CCC(C2)C3CC(N)=O)sc2[nH]c(-c3cn4ncnc4c4c3CCC4)c(C(C)C)c12. The molecule has 0 spiro atoms. The minimum absolute atomic E-state index is 0.124. The zero-order chi connectivity index (χ0) is 24.7. The van der Waals surface area contributed by atoms with Gasteiger partial charge in [-0.05, 0) is 98.1 Å². The molecule has 0 aromatic carbocycles. The molecule has 6 nitrogen and oxygen atoms in total. The van der Waals surface area contributed by atoms with E-state index in [9.17, 15) is 4.79 Å². The van der Waals surface area contributed by atoms with Crippen molar-refractivity contribution in [3.63, 3.8) is 0 Å². The van der Waals surface area contributed by atoms with E-state index >= 15 is 0 Å². The van der Waals surface area contributed by atoms with E-state index in [1.54, 1.807) is 11.2 Å². The number of hydrogen-bond acceptors (Lipinski definition) is 4. The average molecular weight is 502 g/mol. The third kappa shape index (κ3) is 3.24. The Morgan fingerprint density at radius 1 is 1.22 bits per heavy atom. The molecular weight excluding hydrogens is 466 g/mol. The zero-order valence-corrected chi connectivity index (χ0v) is 22.3. The Labute approximate surface area is 215 Å². The molecule has 0 radical (unpaired) electrons. The lowest BCUT2D eigenvalue weighted by molar-refractivity contribution is -0.119. The molecule has 2 fully saturated rings. The van der Waals surface area contributed by atoms with Gasteiger partial charge in [0.05, 0.1) is 5.69 Å². The summed E-state index contributed by atoms with van der Waals surface area (Å²) in [7, 11) is 0. The summed E-state index contributed by atoms with van der Waals surface area (Å²) in [5.41, 5.74) is 14.9. The topological polar surface area (TPSA) is 89.1 Å². The number of H-pyrrole nitrogens is 1. The molecular formula is C29H35N5OS. The summed E-state index contributed by atoms with van der Waals surface area (Å²) in [4.78, 5) is 23.0. The van der Waals surface area contributed by atoms with Gasteiger partial charge in [0.1, 0.15) is 11.2 Å². The van der Waals surface area contributed by atoms with Gasteiger partial charge in [-0.25, -0.2) is 9.50 Å². The highest BCUT2D eigenvalue weighted by atomic mass is 32.1. The van der Waals surface area contributed by atoms with Crippen molar-refractivity contribution in [3.8, 4) is 11.3 Å².